The van der Waals surface area contributed by atoms with E-state index in [9.17, 15) is 18.3 Å². The van der Waals surface area contributed by atoms with Crippen LogP contribution in [0.5, 0.6) is 11.5 Å². The molecular formula is C30H31N3O6S. The number of hydrogen-bond donors (Lipinski definition) is 1. The fourth-order valence-electron chi connectivity index (χ4n) is 4.37. The summed E-state index contributed by atoms with van der Waals surface area (Å²) in [4.78, 5) is 15.6. The predicted octanol–water partition coefficient (Wildman–Crippen LogP) is 4.68. The van der Waals surface area contributed by atoms with E-state index in [-0.39, 0.29) is 24.7 Å². The topological polar surface area (TPSA) is 120 Å². The van der Waals surface area contributed by atoms with Crippen molar-refractivity contribution in [2.75, 3.05) is 18.6 Å². The fourth-order valence-corrected chi connectivity index (χ4v) is 5.01. The van der Waals surface area contributed by atoms with Gasteiger partial charge in [-0.25, -0.2) is 17.9 Å². The van der Waals surface area contributed by atoms with Gasteiger partial charge in [-0.15, -0.1) is 5.92 Å². The van der Waals surface area contributed by atoms with Crippen molar-refractivity contribution in [1.29, 1.82) is 0 Å². The first-order valence-corrected chi connectivity index (χ1v) is 14.8. The molecule has 0 aliphatic heterocycles. The van der Waals surface area contributed by atoms with Gasteiger partial charge in [0.05, 0.1) is 24.7 Å². The highest BCUT2D eigenvalue weighted by Gasteiger charge is 2.14. The lowest BCUT2D eigenvalue weighted by Crippen LogP contribution is -2.08. The van der Waals surface area contributed by atoms with Gasteiger partial charge >= 0.3 is 5.97 Å². The molecule has 0 bridgehead atoms. The highest BCUT2D eigenvalue weighted by atomic mass is 32.2. The van der Waals surface area contributed by atoms with Gasteiger partial charge in [0.25, 0.3) is 0 Å². The average molecular weight is 562 g/mol. The average Bonchev–Trinajstić information content (AvgIpc) is 3.38. The summed E-state index contributed by atoms with van der Waals surface area (Å²) in [5, 5.41) is 13.5. The van der Waals surface area contributed by atoms with Gasteiger partial charge in [0.15, 0.2) is 5.65 Å². The van der Waals surface area contributed by atoms with Gasteiger partial charge in [-0.2, -0.15) is 5.10 Å². The lowest BCUT2D eigenvalue weighted by atomic mass is 9.96. The maximum absolute atomic E-state index is 11.3. The van der Waals surface area contributed by atoms with Crippen LogP contribution in [0.4, 0.5) is 0 Å². The summed E-state index contributed by atoms with van der Waals surface area (Å²) in [6.07, 6.45) is 5.00. The molecule has 2 heterocycles. The van der Waals surface area contributed by atoms with Crippen LogP contribution < -0.4 is 9.47 Å². The van der Waals surface area contributed by atoms with Crippen LogP contribution in [0.1, 0.15) is 42.4 Å². The molecule has 0 unspecified atom stereocenters. The minimum atomic E-state index is -3.01. The van der Waals surface area contributed by atoms with Crippen molar-refractivity contribution in [1.82, 2.24) is 14.6 Å². The fraction of sp³-hybridized carbons (Fsp3) is 0.300. The summed E-state index contributed by atoms with van der Waals surface area (Å²) < 4.78 is 36.2. The third-order valence-electron chi connectivity index (χ3n) is 6.26. The zero-order chi connectivity index (χ0) is 28.7. The molecule has 0 amide bonds. The number of nitrogens with zero attached hydrogens (tertiary/aromatic N) is 3. The van der Waals surface area contributed by atoms with Crippen LogP contribution in [0.25, 0.3) is 16.8 Å². The summed E-state index contributed by atoms with van der Waals surface area (Å²) in [6, 6.07) is 15.1. The summed E-state index contributed by atoms with van der Waals surface area (Å²) in [5.74, 6) is 5.89. The van der Waals surface area contributed by atoms with Crippen LogP contribution in [0.2, 0.25) is 0 Å². The zero-order valence-electron chi connectivity index (χ0n) is 22.6. The Kier molecular flexibility index (Phi) is 9.07. The molecule has 2 aromatic heterocycles. The van der Waals surface area contributed by atoms with Gasteiger partial charge in [0.2, 0.25) is 0 Å². The van der Waals surface area contributed by atoms with Crippen molar-refractivity contribution in [3.05, 3.63) is 77.7 Å². The number of fused-ring (bicyclic) bond motifs is 1. The highest BCUT2D eigenvalue weighted by molar-refractivity contribution is 7.90. The van der Waals surface area contributed by atoms with E-state index in [2.05, 4.69) is 21.9 Å². The molecule has 0 radical (unpaired) electrons. The van der Waals surface area contributed by atoms with E-state index in [4.69, 9.17) is 9.47 Å². The Morgan fingerprint density at radius 2 is 1.85 bits per heavy atom. The van der Waals surface area contributed by atoms with E-state index in [1.54, 1.807) is 11.4 Å². The summed E-state index contributed by atoms with van der Waals surface area (Å²) in [6.45, 7) is 4.26. The number of hydrogen-bond acceptors (Lipinski definition) is 7. The number of carboxylic acid groups (broad SMARTS) is 1. The smallest absolute Gasteiger partial charge is 0.304 e. The maximum atomic E-state index is 11.3. The Morgan fingerprint density at radius 3 is 2.52 bits per heavy atom. The molecule has 9 nitrogen and oxygen atoms in total. The molecule has 0 saturated carbocycles. The molecule has 10 heteroatoms. The second-order valence-electron chi connectivity index (χ2n) is 9.49. The van der Waals surface area contributed by atoms with Crippen molar-refractivity contribution in [3.8, 4) is 34.5 Å². The third-order valence-corrected chi connectivity index (χ3v) is 7.29. The van der Waals surface area contributed by atoms with Crippen molar-refractivity contribution < 1.29 is 27.8 Å². The first-order valence-electron chi connectivity index (χ1n) is 12.7. The van der Waals surface area contributed by atoms with Crippen molar-refractivity contribution in [3.63, 3.8) is 0 Å². The second kappa shape index (κ2) is 12.7. The number of carbonyl (C=O) groups is 1. The molecule has 0 aliphatic rings. The minimum Gasteiger partial charge on any atom is -0.494 e. The van der Waals surface area contributed by atoms with E-state index >= 15 is 0 Å². The van der Waals surface area contributed by atoms with Crippen LogP contribution >= 0.6 is 0 Å². The molecule has 40 heavy (non-hydrogen) atoms. The lowest BCUT2D eigenvalue weighted by Gasteiger charge is -2.13. The molecule has 2 aromatic carbocycles. The Bertz CT molecular complexity index is 1670. The Labute approximate surface area is 233 Å². The van der Waals surface area contributed by atoms with E-state index < -0.39 is 15.8 Å². The SMILES string of the molecule is CC#C[C@@H](CC(=O)O)c1ccc(OCc2cc(-c3ccc(OCCCS(C)(=O)=O)cc3C)cn3ncnc23)cc1. The molecular weight excluding hydrogens is 530 g/mol. The minimum absolute atomic E-state index is 0.0611. The molecule has 0 fully saturated rings. The third kappa shape index (κ3) is 7.61. The Balaban J connectivity index is 1.49. The number of rotatable bonds is 12. The van der Waals surface area contributed by atoms with E-state index in [0.717, 1.165) is 27.8 Å². The monoisotopic (exact) mass is 561 g/mol. The Morgan fingerprint density at radius 1 is 1.10 bits per heavy atom. The Hall–Kier alpha value is -4.36. The molecule has 0 aliphatic carbocycles. The zero-order valence-corrected chi connectivity index (χ0v) is 23.4. The first kappa shape index (κ1) is 28.6. The molecule has 4 rings (SSSR count). The number of carboxylic acids is 1. The van der Waals surface area contributed by atoms with E-state index in [0.29, 0.717) is 30.2 Å². The van der Waals surface area contributed by atoms with Gasteiger partial charge < -0.3 is 14.6 Å². The normalized spacial score (nSPS) is 12.0. The predicted molar refractivity (Wildman–Crippen MR) is 152 cm³/mol. The molecule has 0 saturated heterocycles. The molecule has 0 spiro atoms. The maximum Gasteiger partial charge on any atom is 0.304 e. The van der Waals surface area contributed by atoms with Crippen LogP contribution in [0, 0.1) is 18.8 Å². The summed E-state index contributed by atoms with van der Waals surface area (Å²) in [7, 11) is -3.01. The van der Waals surface area contributed by atoms with Gasteiger partial charge in [0.1, 0.15) is 34.3 Å². The van der Waals surface area contributed by atoms with Crippen molar-refractivity contribution in [2.45, 2.75) is 39.2 Å². The highest BCUT2D eigenvalue weighted by Crippen LogP contribution is 2.29. The van der Waals surface area contributed by atoms with Crippen molar-refractivity contribution >= 4 is 21.5 Å². The number of aromatic nitrogens is 3. The van der Waals surface area contributed by atoms with Crippen LogP contribution in [0.15, 0.2) is 61.1 Å². The molecule has 1 N–H and O–H groups in total. The number of ether oxygens (including phenoxy) is 2. The van der Waals surface area contributed by atoms with Gasteiger partial charge in [0, 0.05) is 23.6 Å². The molecule has 4 aromatic rings. The lowest BCUT2D eigenvalue weighted by molar-refractivity contribution is -0.137. The summed E-state index contributed by atoms with van der Waals surface area (Å²) >= 11 is 0. The number of aliphatic carboxylic acids is 1. The van der Waals surface area contributed by atoms with E-state index in [1.165, 1.54) is 12.6 Å². The first-order chi connectivity index (χ1) is 19.1. The number of aryl methyl sites for hydroxylation is 1. The van der Waals surface area contributed by atoms with Crippen LogP contribution in [-0.4, -0.2) is 52.7 Å². The largest absolute Gasteiger partial charge is 0.494 e. The quantitative estimate of drug-likeness (QED) is 0.196. The van der Waals surface area contributed by atoms with Crippen LogP contribution in [0.3, 0.4) is 0 Å². The number of sulfone groups is 1. The van der Waals surface area contributed by atoms with Gasteiger partial charge in [-0.1, -0.05) is 24.1 Å². The number of pyridine rings is 1. The molecule has 208 valence electrons. The van der Waals surface area contributed by atoms with E-state index in [1.807, 2.05) is 61.7 Å². The number of benzene rings is 2. The van der Waals surface area contributed by atoms with Crippen LogP contribution in [-0.2, 0) is 21.2 Å². The van der Waals surface area contributed by atoms with Gasteiger partial charge in [-0.05, 0) is 67.3 Å². The second-order valence-corrected chi connectivity index (χ2v) is 11.8. The van der Waals surface area contributed by atoms with Gasteiger partial charge in [-0.3, -0.25) is 4.79 Å². The standard InChI is InChI=1S/C30H31N3O6S/c1-4-6-23(17-29(34)35)22-7-9-26(10-8-22)39-19-25-16-24(18-33-30(25)31-20-32-33)28-12-11-27(15-21(28)2)38-13-5-14-40(3,36)37/h7-12,15-16,18,20,23H,5,13-14,17,19H2,1-3H3,(H,34,35)/t23-/m0/s1. The van der Waals surface area contributed by atoms with Crippen molar-refractivity contribution in [2.24, 2.45) is 0 Å². The summed E-state index contributed by atoms with van der Waals surface area (Å²) in [5.41, 5.74) is 5.28. The molecule has 1 atom stereocenters.